The maximum Gasteiger partial charge on any atom is 0.0908 e. The number of hydrogen-bond acceptors (Lipinski definition) is 3. The van der Waals surface area contributed by atoms with Gasteiger partial charge in [0.25, 0.3) is 0 Å². The number of nitrogens with zero attached hydrogens (tertiary/aromatic N) is 2. The summed E-state index contributed by atoms with van der Waals surface area (Å²) in [5.41, 5.74) is 2.01. The molecule has 1 fully saturated rings. The Labute approximate surface area is 124 Å². The Hall–Kier alpha value is -1.32. The number of benzene rings is 1. The lowest BCUT2D eigenvalue weighted by Gasteiger charge is -2.29. The zero-order chi connectivity index (χ0) is 13.9. The van der Waals surface area contributed by atoms with Crippen LogP contribution in [-0.2, 0) is 0 Å². The van der Waals surface area contributed by atoms with E-state index in [4.69, 9.17) is 11.6 Å². The maximum atomic E-state index is 6.20. The van der Waals surface area contributed by atoms with E-state index in [1.165, 1.54) is 25.9 Å². The number of halogens is 1. The first kappa shape index (κ1) is 13.7. The summed E-state index contributed by atoms with van der Waals surface area (Å²) >= 11 is 6.20. The number of piperidine rings is 1. The van der Waals surface area contributed by atoms with Gasteiger partial charge in [-0.3, -0.25) is 4.98 Å². The van der Waals surface area contributed by atoms with Crippen molar-refractivity contribution in [3.8, 4) is 0 Å². The Morgan fingerprint density at radius 3 is 2.90 bits per heavy atom. The number of fused-ring (bicyclic) bond motifs is 1. The van der Waals surface area contributed by atoms with Crippen molar-refractivity contribution >= 4 is 28.2 Å². The van der Waals surface area contributed by atoms with Gasteiger partial charge in [0, 0.05) is 23.8 Å². The molecule has 2 aromatic rings. The van der Waals surface area contributed by atoms with E-state index in [0.29, 0.717) is 5.02 Å². The van der Waals surface area contributed by atoms with E-state index in [2.05, 4.69) is 34.4 Å². The minimum atomic E-state index is 0.713. The average molecular weight is 290 g/mol. The molecule has 0 bridgehead atoms. The van der Waals surface area contributed by atoms with Gasteiger partial charge in [-0.1, -0.05) is 11.6 Å². The van der Waals surface area contributed by atoms with Crippen LogP contribution in [0.4, 0.5) is 5.69 Å². The zero-order valence-electron chi connectivity index (χ0n) is 11.8. The summed E-state index contributed by atoms with van der Waals surface area (Å²) in [7, 11) is 2.20. The number of anilines is 1. The molecule has 1 aliphatic heterocycles. The summed E-state index contributed by atoms with van der Waals surface area (Å²) in [6.07, 6.45) is 4.33. The van der Waals surface area contributed by atoms with Gasteiger partial charge in [0.05, 0.1) is 10.5 Å². The summed E-state index contributed by atoms with van der Waals surface area (Å²) in [5.74, 6) is 0.758. The second-order valence-corrected chi connectivity index (χ2v) is 6.03. The molecule has 0 saturated carbocycles. The summed E-state index contributed by atoms with van der Waals surface area (Å²) in [4.78, 5) is 6.77. The standard InChI is InChI=1S/C16H20ClN3/c1-20-9-6-12(7-10-20)11-19-15-5-4-14(17)16-13(15)3-2-8-18-16/h2-5,8,12,19H,6-7,9-11H2,1H3. The molecule has 0 unspecified atom stereocenters. The molecule has 1 N–H and O–H groups in total. The van der Waals surface area contributed by atoms with E-state index < -0.39 is 0 Å². The van der Waals surface area contributed by atoms with Crippen LogP contribution in [0.2, 0.25) is 5.02 Å². The maximum absolute atomic E-state index is 6.20. The number of nitrogens with one attached hydrogen (secondary N) is 1. The Morgan fingerprint density at radius 2 is 2.10 bits per heavy atom. The predicted molar refractivity (Wildman–Crippen MR) is 85.5 cm³/mol. The minimum Gasteiger partial charge on any atom is -0.384 e. The van der Waals surface area contributed by atoms with Crippen molar-refractivity contribution in [2.75, 3.05) is 32.0 Å². The smallest absolute Gasteiger partial charge is 0.0908 e. The molecule has 4 heteroatoms. The molecule has 1 aliphatic rings. The molecule has 106 valence electrons. The summed E-state index contributed by atoms with van der Waals surface area (Å²) in [6, 6.07) is 8.01. The molecule has 3 rings (SSSR count). The van der Waals surface area contributed by atoms with E-state index >= 15 is 0 Å². The molecule has 0 aliphatic carbocycles. The molecule has 2 heterocycles. The quantitative estimate of drug-likeness (QED) is 0.935. The van der Waals surface area contributed by atoms with Gasteiger partial charge in [0.2, 0.25) is 0 Å². The van der Waals surface area contributed by atoms with Crippen LogP contribution in [0.25, 0.3) is 10.9 Å². The minimum absolute atomic E-state index is 0.713. The van der Waals surface area contributed by atoms with E-state index in [-0.39, 0.29) is 0 Å². The van der Waals surface area contributed by atoms with Crippen molar-refractivity contribution in [3.63, 3.8) is 0 Å². The monoisotopic (exact) mass is 289 g/mol. The van der Waals surface area contributed by atoms with Crippen LogP contribution in [0.15, 0.2) is 30.5 Å². The SMILES string of the molecule is CN1CCC(CNc2ccc(Cl)c3ncccc23)CC1. The Morgan fingerprint density at radius 1 is 1.30 bits per heavy atom. The van der Waals surface area contributed by atoms with Crippen LogP contribution in [0, 0.1) is 5.92 Å². The molecule has 20 heavy (non-hydrogen) atoms. The number of likely N-dealkylation sites (tertiary alicyclic amines) is 1. The third-order valence-corrected chi connectivity index (χ3v) is 4.44. The highest BCUT2D eigenvalue weighted by molar-refractivity contribution is 6.35. The van der Waals surface area contributed by atoms with Crippen LogP contribution in [0.5, 0.6) is 0 Å². The third-order valence-electron chi connectivity index (χ3n) is 4.14. The van der Waals surface area contributed by atoms with Gasteiger partial charge in [-0.15, -0.1) is 0 Å². The fourth-order valence-corrected chi connectivity index (χ4v) is 3.03. The molecule has 0 spiro atoms. The van der Waals surface area contributed by atoms with Crippen molar-refractivity contribution in [2.24, 2.45) is 5.92 Å². The highest BCUT2D eigenvalue weighted by Crippen LogP contribution is 2.28. The fourth-order valence-electron chi connectivity index (χ4n) is 2.81. The second kappa shape index (κ2) is 5.98. The van der Waals surface area contributed by atoms with Crippen LogP contribution < -0.4 is 5.32 Å². The van der Waals surface area contributed by atoms with Gasteiger partial charge in [0.1, 0.15) is 0 Å². The summed E-state index contributed by atoms with van der Waals surface area (Å²) in [5, 5.41) is 5.40. The Balaban J connectivity index is 1.73. The van der Waals surface area contributed by atoms with Crippen LogP contribution in [-0.4, -0.2) is 36.6 Å². The van der Waals surface area contributed by atoms with Crippen molar-refractivity contribution in [1.29, 1.82) is 0 Å². The summed E-state index contributed by atoms with van der Waals surface area (Å²) < 4.78 is 0. The molecule has 1 aromatic heterocycles. The molecule has 3 nitrogen and oxygen atoms in total. The highest BCUT2D eigenvalue weighted by atomic mass is 35.5. The first-order valence-corrected chi connectivity index (χ1v) is 7.57. The van der Waals surface area contributed by atoms with E-state index in [0.717, 1.165) is 29.1 Å². The molecular weight excluding hydrogens is 270 g/mol. The van der Waals surface area contributed by atoms with Crippen LogP contribution >= 0.6 is 11.6 Å². The van der Waals surface area contributed by atoms with Crippen molar-refractivity contribution in [3.05, 3.63) is 35.5 Å². The molecule has 0 radical (unpaired) electrons. The fraction of sp³-hybridized carbons (Fsp3) is 0.438. The van der Waals surface area contributed by atoms with Gasteiger partial charge >= 0.3 is 0 Å². The second-order valence-electron chi connectivity index (χ2n) is 5.62. The van der Waals surface area contributed by atoms with Crippen molar-refractivity contribution in [1.82, 2.24) is 9.88 Å². The van der Waals surface area contributed by atoms with Gasteiger partial charge < -0.3 is 10.2 Å². The Bertz CT molecular complexity index is 591. The van der Waals surface area contributed by atoms with Gasteiger partial charge in [-0.05, 0) is 63.2 Å². The zero-order valence-corrected chi connectivity index (χ0v) is 12.5. The first-order valence-electron chi connectivity index (χ1n) is 7.19. The van der Waals surface area contributed by atoms with E-state index in [1.54, 1.807) is 6.20 Å². The van der Waals surface area contributed by atoms with Gasteiger partial charge in [0.15, 0.2) is 0 Å². The predicted octanol–water partition coefficient (Wildman–Crippen LogP) is 3.64. The lowest BCUT2D eigenvalue weighted by atomic mass is 9.97. The molecular formula is C16H20ClN3. The molecule has 1 aromatic carbocycles. The van der Waals surface area contributed by atoms with Crippen LogP contribution in [0.3, 0.4) is 0 Å². The van der Waals surface area contributed by atoms with Crippen molar-refractivity contribution in [2.45, 2.75) is 12.8 Å². The largest absolute Gasteiger partial charge is 0.384 e. The normalized spacial score (nSPS) is 17.5. The Kier molecular flexibility index (Phi) is 4.08. The topological polar surface area (TPSA) is 28.2 Å². The number of aromatic nitrogens is 1. The molecule has 0 amide bonds. The summed E-state index contributed by atoms with van der Waals surface area (Å²) in [6.45, 7) is 3.43. The van der Waals surface area contributed by atoms with Gasteiger partial charge in [-0.25, -0.2) is 0 Å². The van der Waals surface area contributed by atoms with Crippen LogP contribution in [0.1, 0.15) is 12.8 Å². The molecule has 1 saturated heterocycles. The van der Waals surface area contributed by atoms with Crippen molar-refractivity contribution < 1.29 is 0 Å². The highest BCUT2D eigenvalue weighted by Gasteiger charge is 2.16. The third kappa shape index (κ3) is 2.89. The molecule has 0 atom stereocenters. The van der Waals surface area contributed by atoms with E-state index in [1.807, 2.05) is 12.1 Å². The number of rotatable bonds is 3. The number of hydrogen-bond donors (Lipinski definition) is 1. The van der Waals surface area contributed by atoms with Gasteiger partial charge in [-0.2, -0.15) is 0 Å². The average Bonchev–Trinajstić information content (AvgIpc) is 2.49. The van der Waals surface area contributed by atoms with E-state index in [9.17, 15) is 0 Å². The first-order chi connectivity index (χ1) is 9.74. The number of pyridine rings is 1. The lowest BCUT2D eigenvalue weighted by molar-refractivity contribution is 0.226. The lowest BCUT2D eigenvalue weighted by Crippen LogP contribution is -2.32.